The lowest BCUT2D eigenvalue weighted by atomic mass is 10.2. The largest absolute Gasteiger partial charge is 0.449 e. The summed E-state index contributed by atoms with van der Waals surface area (Å²) < 4.78 is 19.6. The lowest BCUT2D eigenvalue weighted by Crippen LogP contribution is -1.78. The molecule has 148 valence electrons. The average Bonchev–Trinajstić information content (AvgIpc) is 3.45. The Kier molecular flexibility index (Phi) is 3.53. The van der Waals surface area contributed by atoms with Crippen molar-refractivity contribution < 1.29 is 13.3 Å². The molecule has 5 nitrogen and oxygen atoms in total. The molecular weight excluding hydrogens is 396 g/mol. The molecule has 0 radical (unpaired) electrons. The second-order valence-electron chi connectivity index (χ2n) is 7.75. The second-order valence-corrected chi connectivity index (χ2v) is 8.78. The van der Waals surface area contributed by atoms with Crippen molar-refractivity contribution in [2.45, 2.75) is 27.7 Å². The molecule has 0 spiro atoms. The summed E-state index contributed by atoms with van der Waals surface area (Å²) in [6, 6.07) is 12.2. The third-order valence-corrected chi connectivity index (χ3v) is 6.47. The summed E-state index contributed by atoms with van der Waals surface area (Å²) in [4.78, 5) is 9.35. The minimum absolute atomic E-state index is 0.468. The van der Waals surface area contributed by atoms with Crippen LogP contribution in [0.25, 0.3) is 54.9 Å². The van der Waals surface area contributed by atoms with E-state index in [1.165, 1.54) is 5.56 Å². The quantitative estimate of drug-likeness (QED) is 0.296. The lowest BCUT2D eigenvalue weighted by Gasteiger charge is -1.94. The highest BCUT2D eigenvalue weighted by Crippen LogP contribution is 2.42. The van der Waals surface area contributed by atoms with Gasteiger partial charge in [-0.2, -0.15) is 0 Å². The van der Waals surface area contributed by atoms with Gasteiger partial charge in [0.1, 0.15) is 5.52 Å². The highest BCUT2D eigenvalue weighted by atomic mass is 32.1. The van der Waals surface area contributed by atoms with Crippen LogP contribution in [0.4, 0.5) is 0 Å². The molecular formula is C24H18N2O3S. The number of hydrogen-bond donors (Lipinski definition) is 0. The molecule has 0 aliphatic rings. The Balaban J connectivity index is 1.50. The number of thiazole rings is 1. The van der Waals surface area contributed by atoms with E-state index in [1.807, 2.05) is 45.0 Å². The van der Waals surface area contributed by atoms with E-state index in [4.69, 9.17) is 18.2 Å². The summed E-state index contributed by atoms with van der Waals surface area (Å²) in [6.45, 7) is 8.08. The molecule has 6 aromatic rings. The van der Waals surface area contributed by atoms with Crippen LogP contribution in [-0.4, -0.2) is 9.97 Å². The first-order valence-corrected chi connectivity index (χ1v) is 10.6. The van der Waals surface area contributed by atoms with Gasteiger partial charge in [0.15, 0.2) is 33.3 Å². The van der Waals surface area contributed by atoms with Crippen LogP contribution >= 0.6 is 11.3 Å². The molecule has 0 N–H and O–H groups in total. The Hall–Kier alpha value is -3.38. The van der Waals surface area contributed by atoms with Crippen LogP contribution in [0, 0.1) is 27.7 Å². The number of hydrogen-bond acceptors (Lipinski definition) is 6. The van der Waals surface area contributed by atoms with E-state index in [1.54, 1.807) is 11.3 Å². The maximum atomic E-state index is 6.26. The molecule has 4 aromatic heterocycles. The number of nitrogens with zero attached hydrogens (tertiary/aromatic N) is 2. The van der Waals surface area contributed by atoms with Gasteiger partial charge in [0.25, 0.3) is 5.89 Å². The number of aromatic nitrogens is 2. The maximum absolute atomic E-state index is 6.26. The number of rotatable bonds is 2. The first-order valence-electron chi connectivity index (χ1n) is 9.75. The Labute approximate surface area is 176 Å². The Morgan fingerprint density at radius 1 is 0.700 bits per heavy atom. The first-order chi connectivity index (χ1) is 14.5. The van der Waals surface area contributed by atoms with Gasteiger partial charge >= 0.3 is 0 Å². The SMILES string of the molecule is Cc1ccc2nc(-c3oc4c(C)c(-c5nc6ccc(C)cc6s5)oc4c3C)oc2c1. The molecule has 2 aromatic carbocycles. The first kappa shape index (κ1) is 17.5. The third kappa shape index (κ3) is 2.47. The average molecular weight is 414 g/mol. The molecule has 0 bridgehead atoms. The smallest absolute Gasteiger partial charge is 0.264 e. The van der Waals surface area contributed by atoms with Crippen LogP contribution in [0.1, 0.15) is 22.3 Å². The van der Waals surface area contributed by atoms with Gasteiger partial charge in [0.2, 0.25) is 0 Å². The van der Waals surface area contributed by atoms with Gasteiger partial charge < -0.3 is 13.3 Å². The minimum Gasteiger partial charge on any atom is -0.449 e. The Morgan fingerprint density at radius 2 is 1.37 bits per heavy atom. The highest BCUT2D eigenvalue weighted by Gasteiger charge is 2.25. The van der Waals surface area contributed by atoms with Crippen LogP contribution in [0.5, 0.6) is 0 Å². The molecule has 0 unspecified atom stereocenters. The van der Waals surface area contributed by atoms with Crippen LogP contribution in [0.3, 0.4) is 0 Å². The van der Waals surface area contributed by atoms with E-state index in [0.717, 1.165) is 48.8 Å². The molecule has 0 atom stereocenters. The van der Waals surface area contributed by atoms with Crippen molar-refractivity contribution in [3.8, 4) is 22.4 Å². The maximum Gasteiger partial charge on any atom is 0.264 e. The standard InChI is InChI=1S/C24H18N2O3S/c1-11-5-7-15-17(9-11)27-23(25-15)21-13(3)19-20(28-21)14(4)22(29-19)24-26-16-8-6-12(2)10-18(16)30-24/h5-10H,1-4H3. The summed E-state index contributed by atoms with van der Waals surface area (Å²) in [6.07, 6.45) is 0. The summed E-state index contributed by atoms with van der Waals surface area (Å²) in [5.74, 6) is 1.83. The predicted octanol–water partition coefficient (Wildman–Crippen LogP) is 7.34. The van der Waals surface area contributed by atoms with Gasteiger partial charge in [-0.15, -0.1) is 11.3 Å². The van der Waals surface area contributed by atoms with Crippen molar-refractivity contribution in [1.82, 2.24) is 9.97 Å². The van der Waals surface area contributed by atoms with E-state index in [2.05, 4.69) is 24.0 Å². The highest BCUT2D eigenvalue weighted by molar-refractivity contribution is 7.21. The second kappa shape index (κ2) is 6.06. The van der Waals surface area contributed by atoms with Crippen molar-refractivity contribution >= 4 is 43.8 Å². The molecule has 4 heterocycles. The summed E-state index contributed by atoms with van der Waals surface area (Å²) in [5, 5.41) is 0.859. The van der Waals surface area contributed by atoms with E-state index < -0.39 is 0 Å². The molecule has 0 amide bonds. The minimum atomic E-state index is 0.468. The molecule has 0 saturated heterocycles. The van der Waals surface area contributed by atoms with Gasteiger partial charge in [-0.05, 0) is 63.1 Å². The van der Waals surface area contributed by atoms with Crippen LogP contribution in [0.2, 0.25) is 0 Å². The third-order valence-electron chi connectivity index (χ3n) is 5.45. The molecule has 0 aliphatic carbocycles. The van der Waals surface area contributed by atoms with Crippen LogP contribution in [0.15, 0.2) is 49.6 Å². The summed E-state index contributed by atoms with van der Waals surface area (Å²) in [5.41, 5.74) is 8.12. The number of furan rings is 2. The number of fused-ring (bicyclic) bond motifs is 3. The molecule has 0 saturated carbocycles. The molecule has 0 aliphatic heterocycles. The van der Waals surface area contributed by atoms with Gasteiger partial charge in [-0.25, -0.2) is 9.97 Å². The van der Waals surface area contributed by atoms with E-state index in [-0.39, 0.29) is 0 Å². The van der Waals surface area contributed by atoms with Crippen LogP contribution < -0.4 is 0 Å². The predicted molar refractivity (Wildman–Crippen MR) is 119 cm³/mol. The van der Waals surface area contributed by atoms with Crippen molar-refractivity contribution in [2.75, 3.05) is 0 Å². The van der Waals surface area contributed by atoms with Crippen molar-refractivity contribution in [1.29, 1.82) is 0 Å². The van der Waals surface area contributed by atoms with E-state index >= 15 is 0 Å². The zero-order chi connectivity index (χ0) is 20.6. The number of benzene rings is 2. The lowest BCUT2D eigenvalue weighted by molar-refractivity contribution is 0.557. The summed E-state index contributed by atoms with van der Waals surface area (Å²) >= 11 is 1.63. The monoisotopic (exact) mass is 414 g/mol. The summed E-state index contributed by atoms with van der Waals surface area (Å²) in [7, 11) is 0. The number of aryl methyl sites for hydroxylation is 4. The van der Waals surface area contributed by atoms with Gasteiger partial charge in [0.05, 0.1) is 10.2 Å². The fourth-order valence-corrected chi connectivity index (χ4v) is 4.92. The Morgan fingerprint density at radius 3 is 2.17 bits per heavy atom. The van der Waals surface area contributed by atoms with Gasteiger partial charge in [0, 0.05) is 11.1 Å². The number of oxazole rings is 1. The molecule has 30 heavy (non-hydrogen) atoms. The zero-order valence-corrected chi connectivity index (χ0v) is 17.8. The zero-order valence-electron chi connectivity index (χ0n) is 17.0. The van der Waals surface area contributed by atoms with E-state index in [9.17, 15) is 0 Å². The van der Waals surface area contributed by atoms with Gasteiger partial charge in [-0.3, -0.25) is 0 Å². The van der Waals surface area contributed by atoms with Crippen molar-refractivity contribution in [3.05, 3.63) is 58.7 Å². The normalized spacial score (nSPS) is 12.0. The Bertz CT molecular complexity index is 1480. The fourth-order valence-electron chi connectivity index (χ4n) is 3.82. The van der Waals surface area contributed by atoms with Crippen molar-refractivity contribution in [2.24, 2.45) is 0 Å². The van der Waals surface area contributed by atoms with Gasteiger partial charge in [-0.1, -0.05) is 12.1 Å². The molecule has 6 rings (SSSR count). The topological polar surface area (TPSA) is 65.2 Å². The van der Waals surface area contributed by atoms with E-state index in [0.29, 0.717) is 22.8 Å². The van der Waals surface area contributed by atoms with Crippen molar-refractivity contribution in [3.63, 3.8) is 0 Å². The molecule has 0 fully saturated rings. The fraction of sp³-hybridized carbons (Fsp3) is 0.167. The van der Waals surface area contributed by atoms with Crippen LogP contribution in [-0.2, 0) is 0 Å². The molecule has 6 heteroatoms.